The van der Waals surface area contributed by atoms with Crippen molar-refractivity contribution in [1.82, 2.24) is 4.90 Å². The topological polar surface area (TPSA) is 48.7 Å². The standard InChI is InChI=1S/C25H30ClN3O2/c1-17-18(2)24(31-14-11-27)10-8-21(17)23-6-4-5-20-16-28(12-13-29(20)23)19-7-9-22(26)25(15-19)30-3/h7-10,15,20,23H,4-6,12-14,16H2,1-3H3/t20-,23+/m0/s1. The Morgan fingerprint density at radius 2 is 1.94 bits per heavy atom. The summed E-state index contributed by atoms with van der Waals surface area (Å²) in [6, 6.07) is 13.3. The lowest BCUT2D eigenvalue weighted by Crippen LogP contribution is -2.56. The Bertz CT molecular complexity index is 987. The normalized spacial score (nSPS) is 21.3. The first-order chi connectivity index (χ1) is 15.0. The predicted octanol–water partition coefficient (Wildman–Crippen LogP) is 5.28. The Hall–Kier alpha value is -2.42. The average Bonchev–Trinajstić information content (AvgIpc) is 2.80. The van der Waals surface area contributed by atoms with Gasteiger partial charge in [-0.25, -0.2) is 0 Å². The van der Waals surface area contributed by atoms with Crippen molar-refractivity contribution in [3.8, 4) is 17.6 Å². The minimum atomic E-state index is 0.0859. The van der Waals surface area contributed by atoms with Gasteiger partial charge in [-0.05, 0) is 68.0 Å². The number of methoxy groups -OCH3 is 1. The van der Waals surface area contributed by atoms with Crippen LogP contribution in [-0.2, 0) is 0 Å². The zero-order valence-electron chi connectivity index (χ0n) is 18.5. The summed E-state index contributed by atoms with van der Waals surface area (Å²) in [6.45, 7) is 7.40. The predicted molar refractivity (Wildman–Crippen MR) is 124 cm³/mol. The number of hydrogen-bond acceptors (Lipinski definition) is 5. The van der Waals surface area contributed by atoms with Crippen molar-refractivity contribution in [1.29, 1.82) is 5.26 Å². The fourth-order valence-corrected chi connectivity index (χ4v) is 5.30. The number of rotatable bonds is 5. The van der Waals surface area contributed by atoms with Crippen LogP contribution in [0.15, 0.2) is 30.3 Å². The van der Waals surface area contributed by atoms with Gasteiger partial charge in [-0.3, -0.25) is 4.90 Å². The number of piperazine rings is 1. The minimum absolute atomic E-state index is 0.0859. The van der Waals surface area contributed by atoms with Gasteiger partial charge in [-0.2, -0.15) is 5.26 Å². The van der Waals surface area contributed by atoms with Gasteiger partial charge >= 0.3 is 0 Å². The summed E-state index contributed by atoms with van der Waals surface area (Å²) in [5, 5.41) is 9.47. The molecule has 31 heavy (non-hydrogen) atoms. The number of ether oxygens (including phenoxy) is 2. The summed E-state index contributed by atoms with van der Waals surface area (Å²) in [5.41, 5.74) is 5.00. The van der Waals surface area contributed by atoms with Crippen LogP contribution in [0.25, 0.3) is 0 Å². The van der Waals surface area contributed by atoms with E-state index >= 15 is 0 Å². The molecule has 2 aromatic rings. The molecule has 2 heterocycles. The maximum Gasteiger partial charge on any atom is 0.174 e. The second-order valence-corrected chi connectivity index (χ2v) is 8.86. The van der Waals surface area contributed by atoms with Crippen molar-refractivity contribution in [2.75, 3.05) is 38.3 Å². The fourth-order valence-electron chi connectivity index (χ4n) is 5.11. The van der Waals surface area contributed by atoms with Gasteiger partial charge in [0.2, 0.25) is 0 Å². The second kappa shape index (κ2) is 9.38. The summed E-state index contributed by atoms with van der Waals surface area (Å²) in [4.78, 5) is 5.16. The quantitative estimate of drug-likeness (QED) is 0.634. The molecule has 0 unspecified atom stereocenters. The number of fused-ring (bicyclic) bond motifs is 1. The Labute approximate surface area is 190 Å². The minimum Gasteiger partial charge on any atom is -0.495 e. The van der Waals surface area contributed by atoms with Crippen molar-refractivity contribution < 1.29 is 9.47 Å². The van der Waals surface area contributed by atoms with Crippen LogP contribution < -0.4 is 14.4 Å². The molecule has 6 heteroatoms. The smallest absolute Gasteiger partial charge is 0.174 e. The van der Waals surface area contributed by atoms with Crippen LogP contribution in [0.4, 0.5) is 5.69 Å². The molecule has 4 rings (SSSR count). The molecule has 164 valence electrons. The number of halogens is 1. The van der Waals surface area contributed by atoms with E-state index in [-0.39, 0.29) is 6.61 Å². The first-order valence-corrected chi connectivity index (χ1v) is 11.4. The monoisotopic (exact) mass is 439 g/mol. The van der Waals surface area contributed by atoms with Crippen LogP contribution in [-0.4, -0.2) is 44.3 Å². The van der Waals surface area contributed by atoms with Crippen LogP contribution in [0.1, 0.15) is 42.0 Å². The number of benzene rings is 2. The molecule has 0 aliphatic carbocycles. The first-order valence-electron chi connectivity index (χ1n) is 11.0. The highest BCUT2D eigenvalue weighted by molar-refractivity contribution is 6.32. The lowest BCUT2D eigenvalue weighted by Gasteiger charge is -2.49. The van der Waals surface area contributed by atoms with Crippen LogP contribution in [0.3, 0.4) is 0 Å². The van der Waals surface area contributed by atoms with Gasteiger partial charge in [0.1, 0.15) is 17.6 Å². The van der Waals surface area contributed by atoms with Gasteiger partial charge < -0.3 is 14.4 Å². The van der Waals surface area contributed by atoms with Gasteiger partial charge in [-0.1, -0.05) is 17.7 Å². The maximum atomic E-state index is 8.82. The van der Waals surface area contributed by atoms with Crippen molar-refractivity contribution in [2.45, 2.75) is 45.2 Å². The van der Waals surface area contributed by atoms with E-state index < -0.39 is 0 Å². The van der Waals surface area contributed by atoms with Crippen LogP contribution in [0.2, 0.25) is 5.02 Å². The summed E-state index contributed by atoms with van der Waals surface area (Å²) < 4.78 is 11.0. The van der Waals surface area contributed by atoms with E-state index in [0.29, 0.717) is 17.1 Å². The highest BCUT2D eigenvalue weighted by atomic mass is 35.5. The number of nitrogens with zero attached hydrogens (tertiary/aromatic N) is 3. The molecule has 2 atom stereocenters. The van der Waals surface area contributed by atoms with Crippen molar-refractivity contribution >= 4 is 17.3 Å². The van der Waals surface area contributed by atoms with E-state index in [4.69, 9.17) is 26.3 Å². The van der Waals surface area contributed by atoms with Crippen molar-refractivity contribution in [3.63, 3.8) is 0 Å². The number of hydrogen-bond donors (Lipinski definition) is 0. The van der Waals surface area contributed by atoms with Crippen LogP contribution in [0.5, 0.6) is 11.5 Å². The highest BCUT2D eigenvalue weighted by Gasteiger charge is 2.36. The highest BCUT2D eigenvalue weighted by Crippen LogP contribution is 2.40. The Balaban J connectivity index is 1.53. The largest absolute Gasteiger partial charge is 0.495 e. The zero-order valence-corrected chi connectivity index (χ0v) is 19.3. The molecule has 0 N–H and O–H groups in total. The molecule has 2 aliphatic heterocycles. The molecule has 5 nitrogen and oxygen atoms in total. The van der Waals surface area contributed by atoms with Gasteiger partial charge in [0.15, 0.2) is 6.61 Å². The summed E-state index contributed by atoms with van der Waals surface area (Å²) >= 11 is 6.22. The summed E-state index contributed by atoms with van der Waals surface area (Å²) in [7, 11) is 1.66. The molecule has 0 aromatic heterocycles. The summed E-state index contributed by atoms with van der Waals surface area (Å²) in [5.74, 6) is 1.55. The molecular formula is C25H30ClN3O2. The average molecular weight is 440 g/mol. The Morgan fingerprint density at radius 1 is 1.10 bits per heavy atom. The Morgan fingerprint density at radius 3 is 2.71 bits per heavy atom. The lowest BCUT2D eigenvalue weighted by molar-refractivity contribution is 0.0712. The molecule has 2 aromatic carbocycles. The molecule has 0 bridgehead atoms. The van der Waals surface area contributed by atoms with Gasteiger partial charge in [-0.15, -0.1) is 0 Å². The van der Waals surface area contributed by atoms with E-state index in [2.05, 4.69) is 41.8 Å². The van der Waals surface area contributed by atoms with E-state index in [1.165, 1.54) is 36.1 Å². The van der Waals surface area contributed by atoms with Crippen LogP contribution in [0, 0.1) is 25.2 Å². The molecule has 0 amide bonds. The Kier molecular flexibility index (Phi) is 6.60. The molecule has 0 spiro atoms. The van der Waals surface area contributed by atoms with Crippen molar-refractivity contribution in [2.24, 2.45) is 0 Å². The van der Waals surface area contributed by atoms with Crippen LogP contribution >= 0.6 is 11.6 Å². The third-order valence-corrected chi connectivity index (χ3v) is 7.19. The molecule has 2 saturated heterocycles. The number of nitriles is 1. The van der Waals surface area contributed by atoms with E-state index in [9.17, 15) is 0 Å². The maximum absolute atomic E-state index is 8.82. The molecule has 0 saturated carbocycles. The third kappa shape index (κ3) is 4.33. The van der Waals surface area contributed by atoms with E-state index in [1.807, 2.05) is 18.2 Å². The zero-order chi connectivity index (χ0) is 22.0. The van der Waals surface area contributed by atoms with Gasteiger partial charge in [0, 0.05) is 43.5 Å². The lowest BCUT2D eigenvalue weighted by atomic mass is 9.86. The second-order valence-electron chi connectivity index (χ2n) is 8.45. The SMILES string of the molecule is COc1cc(N2CCN3[C@@H](CCC[C@@H]3c3ccc(OCC#N)c(C)c3C)C2)ccc1Cl. The number of piperidine rings is 1. The molecule has 2 fully saturated rings. The third-order valence-electron chi connectivity index (χ3n) is 6.87. The molecule has 2 aliphatic rings. The summed E-state index contributed by atoms with van der Waals surface area (Å²) in [6.07, 6.45) is 3.64. The number of anilines is 1. The van der Waals surface area contributed by atoms with Gasteiger partial charge in [0.05, 0.1) is 12.1 Å². The fraction of sp³-hybridized carbons (Fsp3) is 0.480. The van der Waals surface area contributed by atoms with E-state index in [0.717, 1.165) is 36.7 Å². The van der Waals surface area contributed by atoms with Crippen molar-refractivity contribution in [3.05, 3.63) is 52.0 Å². The molecule has 0 radical (unpaired) electrons. The van der Waals surface area contributed by atoms with Gasteiger partial charge in [0.25, 0.3) is 0 Å². The van der Waals surface area contributed by atoms with E-state index in [1.54, 1.807) is 7.11 Å². The first kappa shape index (κ1) is 21.8. The molecular weight excluding hydrogens is 410 g/mol.